The first-order valence-electron chi connectivity index (χ1n) is 13.2. The van der Waals surface area contributed by atoms with Crippen molar-refractivity contribution in [3.63, 3.8) is 0 Å². The Labute approximate surface area is 262 Å². The van der Waals surface area contributed by atoms with Crippen LogP contribution in [-0.4, -0.2) is 48.6 Å². The van der Waals surface area contributed by atoms with Gasteiger partial charge in [0.05, 0.1) is 22.2 Å². The Morgan fingerprint density at radius 3 is 2.39 bits per heavy atom. The molecule has 1 saturated heterocycles. The molecule has 1 fully saturated rings. The number of halogens is 6. The third-order valence-corrected chi connectivity index (χ3v) is 8.33. The number of amides is 1. The zero-order chi connectivity index (χ0) is 28.7. The second kappa shape index (κ2) is 13.8. The maximum atomic E-state index is 15.0. The molecule has 4 N–H and O–H groups in total. The summed E-state index contributed by atoms with van der Waals surface area (Å²) in [7, 11) is 1.74. The Morgan fingerprint density at radius 2 is 1.78 bits per heavy atom. The van der Waals surface area contributed by atoms with E-state index < -0.39 is 41.2 Å². The predicted molar refractivity (Wildman–Crippen MR) is 164 cm³/mol. The van der Waals surface area contributed by atoms with Gasteiger partial charge in [-0.2, -0.15) is 0 Å². The Balaban J connectivity index is 0.00000294. The van der Waals surface area contributed by atoms with E-state index in [0.717, 1.165) is 0 Å². The van der Waals surface area contributed by atoms with Gasteiger partial charge in [-0.05, 0) is 67.1 Å². The van der Waals surface area contributed by atoms with E-state index in [-0.39, 0.29) is 58.4 Å². The number of Topliss-reactive ketones (excluding diaryl/α,β-unsaturated/α-hetero) is 1. The van der Waals surface area contributed by atoms with E-state index in [4.69, 9.17) is 23.2 Å². The van der Waals surface area contributed by atoms with Crippen molar-refractivity contribution < 1.29 is 23.5 Å². The molecule has 2 aliphatic rings. The summed E-state index contributed by atoms with van der Waals surface area (Å²) in [5.41, 5.74) is -0.368. The molecular formula is C29H37Cl4F2N3O3. The van der Waals surface area contributed by atoms with Crippen LogP contribution in [0.25, 0.3) is 0 Å². The quantitative estimate of drug-likeness (QED) is 0.259. The molecule has 2 aromatic carbocycles. The maximum Gasteiger partial charge on any atom is 0.237 e. The summed E-state index contributed by atoms with van der Waals surface area (Å²) < 4.78 is 29.2. The van der Waals surface area contributed by atoms with E-state index in [1.165, 1.54) is 30.3 Å². The minimum atomic E-state index is -1.39. The molecule has 0 unspecified atom stereocenters. The number of rotatable bonds is 9. The SMILES string of the molecule is CNC[C@@H](O)CCCC(=O)[C@@H]1N[C@H](CC(C)(C)C)[C@]2(C(=O)Nc3cc(Cl)c(F)cc32)[C@H]1c1ccc(F)c(Cl)c1.Cl.Cl. The van der Waals surface area contributed by atoms with Gasteiger partial charge in [-0.15, -0.1) is 24.8 Å². The summed E-state index contributed by atoms with van der Waals surface area (Å²) in [5.74, 6) is -2.64. The summed E-state index contributed by atoms with van der Waals surface area (Å²) >= 11 is 12.3. The lowest BCUT2D eigenvalue weighted by molar-refractivity contribution is -0.122. The van der Waals surface area contributed by atoms with Crippen LogP contribution in [0, 0.1) is 17.0 Å². The number of aliphatic hydroxyl groups excluding tert-OH is 1. The lowest BCUT2D eigenvalue weighted by Gasteiger charge is -2.37. The van der Waals surface area contributed by atoms with Crippen LogP contribution in [0.15, 0.2) is 30.3 Å². The number of likely N-dealkylation sites (N-methyl/N-ethyl adjacent to an activating group) is 1. The molecule has 0 aliphatic carbocycles. The van der Waals surface area contributed by atoms with Crippen LogP contribution in [-0.2, 0) is 15.0 Å². The third kappa shape index (κ3) is 7.01. The highest BCUT2D eigenvalue weighted by Gasteiger charge is 2.65. The normalized spacial score (nSPS) is 23.9. The number of nitrogens with one attached hydrogen (secondary N) is 3. The second-order valence-electron chi connectivity index (χ2n) is 11.8. The van der Waals surface area contributed by atoms with E-state index >= 15 is 0 Å². The van der Waals surface area contributed by atoms with Crippen LogP contribution in [0.2, 0.25) is 10.0 Å². The molecule has 5 atom stereocenters. The topological polar surface area (TPSA) is 90.5 Å². The largest absolute Gasteiger partial charge is 0.392 e. The number of aliphatic hydroxyl groups is 1. The molecule has 228 valence electrons. The van der Waals surface area contributed by atoms with Crippen molar-refractivity contribution in [2.75, 3.05) is 18.9 Å². The van der Waals surface area contributed by atoms with Gasteiger partial charge in [0.25, 0.3) is 0 Å². The predicted octanol–water partition coefficient (Wildman–Crippen LogP) is 6.19. The van der Waals surface area contributed by atoms with Crippen LogP contribution in [0.4, 0.5) is 14.5 Å². The maximum absolute atomic E-state index is 15.0. The van der Waals surface area contributed by atoms with Gasteiger partial charge in [-0.1, -0.05) is 50.0 Å². The first kappa shape index (κ1) is 35.7. The molecule has 1 amide bonds. The van der Waals surface area contributed by atoms with Gasteiger partial charge in [-0.25, -0.2) is 8.78 Å². The molecule has 0 radical (unpaired) electrons. The average molecular weight is 655 g/mol. The standard InChI is InChI=1S/C29H35Cl2F2N3O3.2ClH/c1-28(2,3)13-24-29(17-11-21(33)19(31)12-22(17)35-27(29)39)25(15-8-9-20(32)18(30)10-15)26(36-24)23(38)7-5-6-16(37)14-34-4;;/h8-12,16,24-26,34,36-37H,5-7,13-14H2,1-4H3,(H,35,39);2*1H/t16-,24+,25-,26-,29-;;/m0../s1. The summed E-state index contributed by atoms with van der Waals surface area (Å²) in [6.45, 7) is 6.50. The second-order valence-corrected chi connectivity index (χ2v) is 12.6. The first-order valence-corrected chi connectivity index (χ1v) is 13.9. The zero-order valence-electron chi connectivity index (χ0n) is 23.3. The van der Waals surface area contributed by atoms with Crippen LogP contribution in [0.1, 0.15) is 63.5 Å². The number of ketones is 1. The van der Waals surface area contributed by atoms with Crippen LogP contribution in [0.5, 0.6) is 0 Å². The molecule has 41 heavy (non-hydrogen) atoms. The lowest BCUT2D eigenvalue weighted by Crippen LogP contribution is -2.49. The Kier molecular flexibility index (Phi) is 12.0. The molecule has 12 heteroatoms. The van der Waals surface area contributed by atoms with E-state index in [2.05, 4.69) is 16.0 Å². The molecule has 2 aliphatic heterocycles. The minimum absolute atomic E-state index is 0. The number of carbonyl (C=O) groups excluding carboxylic acids is 2. The smallest absolute Gasteiger partial charge is 0.237 e. The fourth-order valence-corrected chi connectivity index (χ4v) is 6.55. The van der Waals surface area contributed by atoms with Crippen molar-refractivity contribution in [2.24, 2.45) is 5.41 Å². The number of fused-ring (bicyclic) bond motifs is 2. The Bertz CT molecular complexity index is 1280. The highest BCUT2D eigenvalue weighted by molar-refractivity contribution is 6.31. The van der Waals surface area contributed by atoms with Crippen molar-refractivity contribution in [3.05, 3.63) is 63.1 Å². The van der Waals surface area contributed by atoms with E-state index in [1.54, 1.807) is 7.05 Å². The van der Waals surface area contributed by atoms with Crippen molar-refractivity contribution in [1.29, 1.82) is 0 Å². The van der Waals surface area contributed by atoms with Crippen molar-refractivity contribution in [3.8, 4) is 0 Å². The van der Waals surface area contributed by atoms with Gasteiger partial charge >= 0.3 is 0 Å². The number of anilines is 1. The average Bonchev–Trinajstić information content (AvgIpc) is 3.30. The molecular weight excluding hydrogens is 618 g/mol. The molecule has 6 nitrogen and oxygen atoms in total. The van der Waals surface area contributed by atoms with Gasteiger partial charge in [0, 0.05) is 30.6 Å². The molecule has 0 aromatic heterocycles. The van der Waals surface area contributed by atoms with Crippen molar-refractivity contribution in [1.82, 2.24) is 10.6 Å². The van der Waals surface area contributed by atoms with Crippen LogP contribution < -0.4 is 16.0 Å². The molecule has 0 bridgehead atoms. The van der Waals surface area contributed by atoms with Crippen molar-refractivity contribution >= 4 is 65.4 Å². The fourth-order valence-electron chi connectivity index (χ4n) is 6.20. The van der Waals surface area contributed by atoms with E-state index in [1.807, 2.05) is 20.8 Å². The van der Waals surface area contributed by atoms with Crippen LogP contribution in [0.3, 0.4) is 0 Å². The fraction of sp³-hybridized carbons (Fsp3) is 0.517. The molecule has 1 spiro atoms. The van der Waals surface area contributed by atoms with Crippen molar-refractivity contribution in [2.45, 2.75) is 76.0 Å². The summed E-state index contributed by atoms with van der Waals surface area (Å²) in [6, 6.07) is 5.45. The Hall–Kier alpha value is -1.52. The zero-order valence-corrected chi connectivity index (χ0v) is 26.5. The van der Waals surface area contributed by atoms with E-state index in [9.17, 15) is 23.5 Å². The lowest BCUT2D eigenvalue weighted by atomic mass is 9.62. The first-order chi connectivity index (χ1) is 18.3. The van der Waals surface area contributed by atoms with Gasteiger partial charge in [0.2, 0.25) is 5.91 Å². The summed E-state index contributed by atoms with van der Waals surface area (Å²) in [4.78, 5) is 27.9. The molecule has 2 aromatic rings. The third-order valence-electron chi connectivity index (χ3n) is 7.75. The number of hydrogen-bond acceptors (Lipinski definition) is 5. The number of benzene rings is 2. The number of carbonyl (C=O) groups is 2. The summed E-state index contributed by atoms with van der Waals surface area (Å²) in [6.07, 6.45) is 0.925. The summed E-state index contributed by atoms with van der Waals surface area (Å²) in [5, 5.41) is 19.1. The van der Waals surface area contributed by atoms with E-state index in [0.29, 0.717) is 42.6 Å². The molecule has 4 rings (SSSR count). The highest BCUT2D eigenvalue weighted by atomic mass is 35.5. The molecule has 0 saturated carbocycles. The van der Waals surface area contributed by atoms with Gasteiger partial charge in [0.1, 0.15) is 22.8 Å². The Morgan fingerprint density at radius 1 is 1.12 bits per heavy atom. The van der Waals surface area contributed by atoms with Gasteiger partial charge in [-0.3, -0.25) is 9.59 Å². The minimum Gasteiger partial charge on any atom is -0.392 e. The molecule has 2 heterocycles. The van der Waals surface area contributed by atoms with Gasteiger partial charge in [0.15, 0.2) is 0 Å². The monoisotopic (exact) mass is 653 g/mol. The van der Waals surface area contributed by atoms with Gasteiger partial charge < -0.3 is 21.1 Å². The van der Waals surface area contributed by atoms with Crippen LogP contribution >= 0.6 is 48.0 Å². The number of hydrogen-bond donors (Lipinski definition) is 4. The highest BCUT2D eigenvalue weighted by Crippen LogP contribution is 2.57.